The lowest BCUT2D eigenvalue weighted by atomic mass is 10.0. The number of hydrogen-bond acceptors (Lipinski definition) is 3. The molecule has 0 spiro atoms. The van der Waals surface area contributed by atoms with Gasteiger partial charge in [-0.3, -0.25) is 0 Å². The lowest BCUT2D eigenvalue weighted by Crippen LogP contribution is -2.23. The molecule has 0 amide bonds. The van der Waals surface area contributed by atoms with Gasteiger partial charge in [0.15, 0.2) is 0 Å². The van der Waals surface area contributed by atoms with Gasteiger partial charge in [0.05, 0.1) is 13.2 Å². The van der Waals surface area contributed by atoms with Crippen LogP contribution in [0.3, 0.4) is 0 Å². The summed E-state index contributed by atoms with van der Waals surface area (Å²) in [7, 11) is 1.72. The number of hydrogen-bond donors (Lipinski definition) is 1. The van der Waals surface area contributed by atoms with Crippen molar-refractivity contribution >= 4 is 11.3 Å². The van der Waals surface area contributed by atoms with Crippen LogP contribution in [0.2, 0.25) is 0 Å². The van der Waals surface area contributed by atoms with Gasteiger partial charge in [0.2, 0.25) is 0 Å². The summed E-state index contributed by atoms with van der Waals surface area (Å²) < 4.78 is 5.36. The highest BCUT2D eigenvalue weighted by Gasteiger charge is 2.17. The first-order chi connectivity index (χ1) is 9.67. The number of nitrogens with one attached hydrogen (secondary N) is 1. The molecule has 1 atom stereocenters. The van der Waals surface area contributed by atoms with E-state index in [1.54, 1.807) is 7.11 Å². The number of rotatable bonds is 6. The molecule has 2 nitrogen and oxygen atoms in total. The molecule has 0 saturated heterocycles. The van der Waals surface area contributed by atoms with E-state index >= 15 is 0 Å². The molecule has 20 heavy (non-hydrogen) atoms. The van der Waals surface area contributed by atoms with Gasteiger partial charge in [0, 0.05) is 4.88 Å². The van der Waals surface area contributed by atoms with Gasteiger partial charge in [-0.05, 0) is 61.0 Å². The second kappa shape index (κ2) is 6.91. The lowest BCUT2D eigenvalue weighted by molar-refractivity contribution is 0.411. The molecule has 0 aliphatic rings. The van der Waals surface area contributed by atoms with Crippen molar-refractivity contribution < 1.29 is 4.74 Å². The summed E-state index contributed by atoms with van der Waals surface area (Å²) in [5, 5.41) is 5.83. The lowest BCUT2D eigenvalue weighted by Gasteiger charge is -2.20. The highest BCUT2D eigenvalue weighted by atomic mass is 32.1. The standard InChI is InChI=1S/C17H23NOS/c1-5-9-18-16(17-12(2)8-10-20-17)14-6-7-15(19-4)13(3)11-14/h6-8,10-11,16,18H,5,9H2,1-4H3. The summed E-state index contributed by atoms with van der Waals surface area (Å²) in [5.41, 5.74) is 3.85. The zero-order valence-electron chi connectivity index (χ0n) is 12.7. The van der Waals surface area contributed by atoms with Gasteiger partial charge in [0.25, 0.3) is 0 Å². The smallest absolute Gasteiger partial charge is 0.121 e. The predicted molar refractivity (Wildman–Crippen MR) is 86.9 cm³/mol. The van der Waals surface area contributed by atoms with Crippen LogP contribution in [0.5, 0.6) is 5.75 Å². The van der Waals surface area contributed by atoms with Crippen LogP contribution in [0, 0.1) is 13.8 Å². The molecular weight excluding hydrogens is 266 g/mol. The van der Waals surface area contributed by atoms with E-state index in [0.717, 1.165) is 18.7 Å². The number of ether oxygens (including phenoxy) is 1. The molecule has 0 radical (unpaired) electrons. The fraction of sp³-hybridized carbons (Fsp3) is 0.412. The van der Waals surface area contributed by atoms with Crippen molar-refractivity contribution in [2.75, 3.05) is 13.7 Å². The first-order valence-electron chi connectivity index (χ1n) is 7.09. The summed E-state index contributed by atoms with van der Waals surface area (Å²) in [5.74, 6) is 0.950. The fourth-order valence-electron chi connectivity index (χ4n) is 2.41. The van der Waals surface area contributed by atoms with Crippen molar-refractivity contribution in [2.24, 2.45) is 0 Å². The molecule has 0 bridgehead atoms. The molecule has 1 N–H and O–H groups in total. The summed E-state index contributed by atoms with van der Waals surface area (Å²) in [6.07, 6.45) is 1.13. The molecule has 0 saturated carbocycles. The molecular formula is C17H23NOS. The Bertz CT molecular complexity index is 562. The topological polar surface area (TPSA) is 21.3 Å². The molecule has 0 fully saturated rings. The molecule has 1 heterocycles. The molecule has 2 rings (SSSR count). The quantitative estimate of drug-likeness (QED) is 0.847. The molecule has 0 aliphatic heterocycles. The van der Waals surface area contributed by atoms with Crippen LogP contribution in [0.15, 0.2) is 29.6 Å². The minimum absolute atomic E-state index is 0.277. The summed E-state index contributed by atoms with van der Waals surface area (Å²) in [6.45, 7) is 7.50. The van der Waals surface area contributed by atoms with E-state index in [4.69, 9.17) is 4.74 Å². The van der Waals surface area contributed by atoms with E-state index in [2.05, 4.69) is 55.7 Å². The average molecular weight is 289 g/mol. The van der Waals surface area contributed by atoms with Gasteiger partial charge in [-0.25, -0.2) is 0 Å². The van der Waals surface area contributed by atoms with Crippen molar-refractivity contribution in [2.45, 2.75) is 33.2 Å². The highest BCUT2D eigenvalue weighted by molar-refractivity contribution is 7.10. The summed E-state index contributed by atoms with van der Waals surface area (Å²) >= 11 is 1.82. The maximum atomic E-state index is 5.36. The van der Waals surface area contributed by atoms with Crippen LogP contribution in [0.25, 0.3) is 0 Å². The Labute approximate surface area is 125 Å². The van der Waals surface area contributed by atoms with Crippen LogP contribution in [-0.2, 0) is 0 Å². The van der Waals surface area contributed by atoms with Crippen molar-refractivity contribution in [1.82, 2.24) is 5.32 Å². The number of thiophene rings is 1. The van der Waals surface area contributed by atoms with Gasteiger partial charge in [-0.2, -0.15) is 0 Å². The summed E-state index contributed by atoms with van der Waals surface area (Å²) in [4.78, 5) is 1.41. The Balaban J connectivity index is 2.36. The number of methoxy groups -OCH3 is 1. The van der Waals surface area contributed by atoms with Gasteiger partial charge < -0.3 is 10.1 Å². The predicted octanol–water partition coefficient (Wildman–Crippen LogP) is 4.46. The Morgan fingerprint density at radius 2 is 2.00 bits per heavy atom. The van der Waals surface area contributed by atoms with Crippen LogP contribution in [-0.4, -0.2) is 13.7 Å². The van der Waals surface area contributed by atoms with Gasteiger partial charge in [-0.1, -0.05) is 19.1 Å². The average Bonchev–Trinajstić information content (AvgIpc) is 2.86. The van der Waals surface area contributed by atoms with Crippen molar-refractivity contribution in [3.05, 3.63) is 51.2 Å². The monoisotopic (exact) mass is 289 g/mol. The highest BCUT2D eigenvalue weighted by Crippen LogP contribution is 2.31. The molecule has 3 heteroatoms. The molecule has 1 aromatic heterocycles. The van der Waals surface area contributed by atoms with E-state index in [9.17, 15) is 0 Å². The molecule has 0 aliphatic carbocycles. The maximum Gasteiger partial charge on any atom is 0.121 e. The van der Waals surface area contributed by atoms with E-state index in [-0.39, 0.29) is 6.04 Å². The number of benzene rings is 1. The van der Waals surface area contributed by atoms with Gasteiger partial charge in [0.1, 0.15) is 5.75 Å². The first kappa shape index (κ1) is 15.1. The van der Waals surface area contributed by atoms with Crippen molar-refractivity contribution in [1.29, 1.82) is 0 Å². The third-order valence-electron chi connectivity index (χ3n) is 3.51. The zero-order chi connectivity index (χ0) is 14.5. The Kier molecular flexibility index (Phi) is 5.21. The Hall–Kier alpha value is -1.32. The second-order valence-corrected chi connectivity index (χ2v) is 6.03. The normalized spacial score (nSPS) is 12.4. The second-order valence-electron chi connectivity index (χ2n) is 5.08. The Morgan fingerprint density at radius 1 is 1.20 bits per heavy atom. The van der Waals surface area contributed by atoms with Crippen molar-refractivity contribution in [3.8, 4) is 5.75 Å². The third kappa shape index (κ3) is 3.22. The molecule has 2 aromatic rings. The largest absolute Gasteiger partial charge is 0.496 e. The van der Waals surface area contributed by atoms with Crippen LogP contribution in [0.4, 0.5) is 0 Å². The van der Waals surface area contributed by atoms with E-state index in [1.807, 2.05) is 11.3 Å². The third-order valence-corrected chi connectivity index (χ3v) is 4.60. The first-order valence-corrected chi connectivity index (χ1v) is 7.97. The van der Waals surface area contributed by atoms with Gasteiger partial charge in [-0.15, -0.1) is 11.3 Å². The fourth-order valence-corrected chi connectivity index (χ4v) is 3.44. The van der Waals surface area contributed by atoms with Crippen LogP contribution in [0.1, 0.15) is 41.0 Å². The van der Waals surface area contributed by atoms with Crippen LogP contribution < -0.4 is 10.1 Å². The zero-order valence-corrected chi connectivity index (χ0v) is 13.5. The minimum atomic E-state index is 0.277. The van der Waals surface area contributed by atoms with E-state index < -0.39 is 0 Å². The summed E-state index contributed by atoms with van der Waals surface area (Å²) in [6, 6.07) is 8.93. The maximum absolute atomic E-state index is 5.36. The SMILES string of the molecule is CCCNC(c1ccc(OC)c(C)c1)c1sccc1C. The number of aryl methyl sites for hydroxylation is 2. The molecule has 108 valence electrons. The van der Waals surface area contributed by atoms with E-state index in [0.29, 0.717) is 0 Å². The van der Waals surface area contributed by atoms with E-state index in [1.165, 1.54) is 21.6 Å². The van der Waals surface area contributed by atoms with Gasteiger partial charge >= 0.3 is 0 Å². The van der Waals surface area contributed by atoms with Crippen LogP contribution >= 0.6 is 11.3 Å². The molecule has 1 unspecified atom stereocenters. The Morgan fingerprint density at radius 3 is 2.55 bits per heavy atom. The molecule has 1 aromatic carbocycles. The minimum Gasteiger partial charge on any atom is -0.496 e. The van der Waals surface area contributed by atoms with Crippen molar-refractivity contribution in [3.63, 3.8) is 0 Å².